The van der Waals surface area contributed by atoms with E-state index in [2.05, 4.69) is 16.8 Å². The average molecular weight is 215 g/mol. The molecular weight excluding hydrogens is 197 g/mol. The zero-order valence-corrected chi connectivity index (χ0v) is 9.08. The minimum atomic E-state index is -1.71. The van der Waals surface area contributed by atoms with E-state index in [1.807, 2.05) is 0 Å². The van der Waals surface area contributed by atoms with E-state index >= 15 is 0 Å². The van der Waals surface area contributed by atoms with Gasteiger partial charge in [-0.25, -0.2) is 4.39 Å². The molecule has 2 aliphatic rings. The molecule has 1 aliphatic heterocycles. The van der Waals surface area contributed by atoms with E-state index in [0.717, 1.165) is 26.2 Å². The van der Waals surface area contributed by atoms with Gasteiger partial charge in [0.2, 0.25) is 0 Å². The predicted molar refractivity (Wildman–Crippen MR) is 55.1 cm³/mol. The maximum atomic E-state index is 13.6. The molecule has 2 rings (SSSR count). The second-order valence-corrected chi connectivity index (χ2v) is 4.73. The number of nitrogens with two attached hydrogens (primary N) is 1. The van der Waals surface area contributed by atoms with Crippen LogP contribution in [0.5, 0.6) is 0 Å². The van der Waals surface area contributed by atoms with Crippen molar-refractivity contribution in [1.82, 2.24) is 9.80 Å². The van der Waals surface area contributed by atoms with Crippen molar-refractivity contribution in [2.45, 2.75) is 12.1 Å². The van der Waals surface area contributed by atoms with Crippen LogP contribution < -0.4 is 5.73 Å². The molecule has 1 saturated carbocycles. The monoisotopic (exact) mass is 215 g/mol. The van der Waals surface area contributed by atoms with Gasteiger partial charge in [-0.05, 0) is 13.5 Å². The second kappa shape index (κ2) is 3.72. The van der Waals surface area contributed by atoms with Gasteiger partial charge in [0, 0.05) is 38.6 Å². The highest BCUT2D eigenvalue weighted by atomic mass is 19.1. The Balaban J connectivity index is 1.78. The molecule has 2 fully saturated rings. The Morgan fingerprint density at radius 1 is 1.47 bits per heavy atom. The van der Waals surface area contributed by atoms with E-state index < -0.39 is 11.6 Å². The lowest BCUT2D eigenvalue weighted by molar-refractivity contribution is -0.124. The molecule has 1 heterocycles. The smallest absolute Gasteiger partial charge is 0.255 e. The van der Waals surface area contributed by atoms with Gasteiger partial charge < -0.3 is 15.5 Å². The number of primary amides is 1. The summed E-state index contributed by atoms with van der Waals surface area (Å²) in [6, 6.07) is 0. The highest BCUT2D eigenvalue weighted by Crippen LogP contribution is 2.47. The van der Waals surface area contributed by atoms with Crippen molar-refractivity contribution in [2.24, 2.45) is 11.7 Å². The minimum Gasteiger partial charge on any atom is -0.367 e. The van der Waals surface area contributed by atoms with Gasteiger partial charge in [0.1, 0.15) is 0 Å². The van der Waals surface area contributed by atoms with Crippen LogP contribution in [0.4, 0.5) is 4.39 Å². The van der Waals surface area contributed by atoms with E-state index in [4.69, 9.17) is 5.73 Å². The molecule has 86 valence electrons. The lowest BCUT2D eigenvalue weighted by atomic mass is 10.2. The lowest BCUT2D eigenvalue weighted by Crippen LogP contribution is -2.45. The Labute approximate surface area is 89.2 Å². The molecule has 15 heavy (non-hydrogen) atoms. The van der Waals surface area contributed by atoms with E-state index in [1.54, 1.807) is 0 Å². The predicted octanol–water partition coefficient (Wildman–Crippen LogP) is -0.553. The molecule has 0 aromatic rings. The first-order chi connectivity index (χ1) is 7.02. The molecule has 4 nitrogen and oxygen atoms in total. The summed E-state index contributed by atoms with van der Waals surface area (Å²) in [4.78, 5) is 15.3. The molecule has 2 N–H and O–H groups in total. The first-order valence-corrected chi connectivity index (χ1v) is 5.42. The van der Waals surface area contributed by atoms with E-state index in [-0.39, 0.29) is 5.92 Å². The zero-order valence-electron chi connectivity index (χ0n) is 9.08. The van der Waals surface area contributed by atoms with Gasteiger partial charge in [-0.2, -0.15) is 0 Å². The van der Waals surface area contributed by atoms with Crippen LogP contribution in [0.25, 0.3) is 0 Å². The third kappa shape index (κ3) is 2.13. The molecule has 2 atom stereocenters. The first kappa shape index (κ1) is 10.8. The van der Waals surface area contributed by atoms with Crippen molar-refractivity contribution < 1.29 is 9.18 Å². The van der Waals surface area contributed by atoms with Crippen LogP contribution in [0.1, 0.15) is 6.42 Å². The minimum absolute atomic E-state index is 0.168. The van der Waals surface area contributed by atoms with Crippen LogP contribution >= 0.6 is 0 Å². The molecule has 0 aromatic heterocycles. The Hall–Kier alpha value is -0.680. The average Bonchev–Trinajstić information content (AvgIpc) is 2.83. The quantitative estimate of drug-likeness (QED) is 0.687. The number of hydrogen-bond donors (Lipinski definition) is 1. The summed E-state index contributed by atoms with van der Waals surface area (Å²) in [5.74, 6) is -0.958. The van der Waals surface area contributed by atoms with Crippen LogP contribution in [0.15, 0.2) is 0 Å². The normalized spacial score (nSPS) is 37.9. The number of nitrogens with zero attached hydrogens (tertiary/aromatic N) is 2. The standard InChI is InChI=1S/C10H18FN3O/c1-13-2-4-14(5-3-13)7-8-6-10(8,11)9(12)15/h8H,2-7H2,1H3,(H2,12,15)/t8-,10-/m1/s1. The number of hydrogen-bond acceptors (Lipinski definition) is 3. The highest BCUT2D eigenvalue weighted by Gasteiger charge is 2.60. The van der Waals surface area contributed by atoms with Crippen LogP contribution in [0.3, 0.4) is 0 Å². The largest absolute Gasteiger partial charge is 0.367 e. The number of carbonyl (C=O) groups excluding carboxylic acids is 1. The number of rotatable bonds is 3. The van der Waals surface area contributed by atoms with Crippen molar-refractivity contribution in [3.63, 3.8) is 0 Å². The van der Waals surface area contributed by atoms with Gasteiger partial charge in [0.05, 0.1) is 0 Å². The molecule has 1 amide bonds. The summed E-state index contributed by atoms with van der Waals surface area (Å²) in [6.45, 7) is 4.63. The molecule has 0 radical (unpaired) electrons. The van der Waals surface area contributed by atoms with E-state index in [1.165, 1.54) is 0 Å². The molecule has 0 spiro atoms. The third-order valence-electron chi connectivity index (χ3n) is 3.51. The Bertz CT molecular complexity index is 265. The van der Waals surface area contributed by atoms with Gasteiger partial charge in [0.25, 0.3) is 5.91 Å². The van der Waals surface area contributed by atoms with Crippen LogP contribution in [-0.4, -0.2) is 61.1 Å². The van der Waals surface area contributed by atoms with E-state index in [9.17, 15) is 9.18 Å². The second-order valence-electron chi connectivity index (χ2n) is 4.73. The Morgan fingerprint density at radius 3 is 2.53 bits per heavy atom. The fourth-order valence-corrected chi connectivity index (χ4v) is 2.15. The Kier molecular flexibility index (Phi) is 2.68. The van der Waals surface area contributed by atoms with Gasteiger partial charge >= 0.3 is 0 Å². The number of likely N-dealkylation sites (N-methyl/N-ethyl adjacent to an activating group) is 1. The molecule has 1 saturated heterocycles. The van der Waals surface area contributed by atoms with Crippen molar-refractivity contribution in [3.05, 3.63) is 0 Å². The fraction of sp³-hybridized carbons (Fsp3) is 0.900. The number of alkyl halides is 1. The van der Waals surface area contributed by atoms with E-state index in [0.29, 0.717) is 13.0 Å². The number of amides is 1. The Morgan fingerprint density at radius 2 is 2.07 bits per heavy atom. The zero-order chi connectivity index (χ0) is 11.1. The maximum absolute atomic E-state index is 13.6. The summed E-state index contributed by atoms with van der Waals surface area (Å²) in [5, 5.41) is 0. The topological polar surface area (TPSA) is 49.6 Å². The van der Waals surface area contributed by atoms with Crippen molar-refractivity contribution >= 4 is 5.91 Å². The third-order valence-corrected chi connectivity index (χ3v) is 3.51. The van der Waals surface area contributed by atoms with Gasteiger partial charge in [-0.3, -0.25) is 4.79 Å². The van der Waals surface area contributed by atoms with Crippen molar-refractivity contribution in [1.29, 1.82) is 0 Å². The van der Waals surface area contributed by atoms with Gasteiger partial charge in [-0.1, -0.05) is 0 Å². The summed E-state index contributed by atoms with van der Waals surface area (Å²) < 4.78 is 13.6. The molecule has 0 unspecified atom stereocenters. The number of carbonyl (C=O) groups is 1. The highest BCUT2D eigenvalue weighted by molar-refractivity contribution is 5.87. The lowest BCUT2D eigenvalue weighted by Gasteiger charge is -2.32. The number of piperazine rings is 1. The first-order valence-electron chi connectivity index (χ1n) is 5.42. The molecule has 1 aliphatic carbocycles. The van der Waals surface area contributed by atoms with Crippen molar-refractivity contribution in [3.8, 4) is 0 Å². The summed E-state index contributed by atoms with van der Waals surface area (Å²) in [6.07, 6.45) is 0.314. The summed E-state index contributed by atoms with van der Waals surface area (Å²) in [5.41, 5.74) is 3.30. The van der Waals surface area contributed by atoms with Crippen LogP contribution in [0.2, 0.25) is 0 Å². The van der Waals surface area contributed by atoms with Gasteiger partial charge in [0.15, 0.2) is 5.67 Å². The molecule has 0 aromatic carbocycles. The van der Waals surface area contributed by atoms with Crippen LogP contribution in [0, 0.1) is 5.92 Å². The van der Waals surface area contributed by atoms with Gasteiger partial charge in [-0.15, -0.1) is 0 Å². The molecule has 0 bridgehead atoms. The van der Waals surface area contributed by atoms with Crippen molar-refractivity contribution in [2.75, 3.05) is 39.8 Å². The molecular formula is C10H18FN3O. The SMILES string of the molecule is CN1CCN(C[C@H]2C[C@]2(F)C(N)=O)CC1. The summed E-state index contributed by atoms with van der Waals surface area (Å²) in [7, 11) is 2.08. The molecule has 5 heteroatoms. The number of halogens is 1. The summed E-state index contributed by atoms with van der Waals surface area (Å²) >= 11 is 0. The maximum Gasteiger partial charge on any atom is 0.255 e. The van der Waals surface area contributed by atoms with Crippen LogP contribution in [-0.2, 0) is 4.79 Å². The fourth-order valence-electron chi connectivity index (χ4n) is 2.15.